The van der Waals surface area contributed by atoms with Gasteiger partial charge in [-0.05, 0) is 43.3 Å². The largest absolute Gasteiger partial charge is 0.313 e. The van der Waals surface area contributed by atoms with E-state index in [4.69, 9.17) is 4.99 Å². The summed E-state index contributed by atoms with van der Waals surface area (Å²) in [5.74, 6) is 0. The highest BCUT2D eigenvalue weighted by Crippen LogP contribution is 2.30. The van der Waals surface area contributed by atoms with Gasteiger partial charge in [-0.15, -0.1) is 22.7 Å². The first-order chi connectivity index (χ1) is 14.6. The molecule has 0 aliphatic heterocycles. The Bertz CT molecular complexity index is 1250. The van der Waals surface area contributed by atoms with Gasteiger partial charge >= 0.3 is 0 Å². The second-order valence-corrected chi connectivity index (χ2v) is 9.03. The van der Waals surface area contributed by atoms with E-state index in [2.05, 4.69) is 41.3 Å². The van der Waals surface area contributed by atoms with E-state index in [1.54, 1.807) is 27.4 Å². The molecule has 0 fully saturated rings. The molecule has 0 aliphatic rings. The molecule has 156 valence electrons. The van der Waals surface area contributed by atoms with E-state index in [0.29, 0.717) is 11.7 Å². The maximum atomic E-state index is 13.3. The second-order valence-electron chi connectivity index (χ2n) is 7.24. The van der Waals surface area contributed by atoms with E-state index in [1.165, 1.54) is 10.6 Å². The fourth-order valence-corrected chi connectivity index (χ4v) is 5.57. The van der Waals surface area contributed by atoms with Gasteiger partial charge in [-0.2, -0.15) is 0 Å². The minimum absolute atomic E-state index is 0.0941. The first-order valence-electron chi connectivity index (χ1n) is 10.2. The highest BCUT2D eigenvalue weighted by Gasteiger charge is 2.19. The van der Waals surface area contributed by atoms with Gasteiger partial charge in [-0.3, -0.25) is 9.48 Å². The number of rotatable bonds is 6. The van der Waals surface area contributed by atoms with Crippen LogP contribution in [0.25, 0.3) is 16.3 Å². The molecular weight excluding hydrogens is 412 g/mol. The molecule has 3 aromatic heterocycles. The van der Waals surface area contributed by atoms with Gasteiger partial charge in [-0.25, -0.2) is 9.67 Å². The Balaban J connectivity index is 1.94. The van der Waals surface area contributed by atoms with Crippen LogP contribution in [0.3, 0.4) is 0 Å². The molecule has 0 spiro atoms. The van der Waals surface area contributed by atoms with Gasteiger partial charge in [0.05, 0.1) is 22.0 Å². The predicted molar refractivity (Wildman–Crippen MR) is 126 cm³/mol. The molecule has 4 rings (SSSR count). The molecule has 7 heteroatoms. The van der Waals surface area contributed by atoms with Crippen LogP contribution in [0.2, 0.25) is 0 Å². The smallest absolute Gasteiger partial charge is 0.297 e. The summed E-state index contributed by atoms with van der Waals surface area (Å²) in [7, 11) is 1.91. The first-order valence-corrected chi connectivity index (χ1v) is 11.9. The minimum Gasteiger partial charge on any atom is -0.313 e. The van der Waals surface area contributed by atoms with E-state index in [1.807, 2.05) is 49.0 Å². The zero-order valence-electron chi connectivity index (χ0n) is 17.7. The molecule has 0 saturated heterocycles. The highest BCUT2D eigenvalue weighted by molar-refractivity contribution is 7.14. The number of aromatic nitrogens is 3. The van der Waals surface area contributed by atoms with Crippen molar-refractivity contribution >= 4 is 28.4 Å². The van der Waals surface area contributed by atoms with Gasteiger partial charge in [0.2, 0.25) is 0 Å². The standard InChI is InChI=1S/C23H26N4OS2/c1-5-17(6-2)26-19(20-13-10-14-29-20)15-30-23(26)24-21-16(3)25(4)27(22(21)28)18-11-8-7-9-12-18/h7-15,17H,5-6H2,1-4H3. The molecule has 0 radical (unpaired) electrons. The van der Waals surface area contributed by atoms with Gasteiger partial charge in [0.25, 0.3) is 5.56 Å². The molecule has 4 aromatic rings. The summed E-state index contributed by atoms with van der Waals surface area (Å²) < 4.78 is 5.88. The van der Waals surface area contributed by atoms with Crippen LogP contribution in [0, 0.1) is 6.92 Å². The molecule has 0 aliphatic carbocycles. The lowest BCUT2D eigenvalue weighted by molar-refractivity contribution is 0.467. The molecule has 30 heavy (non-hydrogen) atoms. The highest BCUT2D eigenvalue weighted by atomic mass is 32.1. The van der Waals surface area contributed by atoms with Gasteiger partial charge in [0.15, 0.2) is 10.5 Å². The molecule has 3 heterocycles. The topological polar surface area (TPSA) is 44.2 Å². The van der Waals surface area contributed by atoms with Crippen molar-refractivity contribution in [2.45, 2.75) is 39.7 Å². The Hall–Kier alpha value is -2.64. The number of para-hydroxylation sites is 1. The third-order valence-electron chi connectivity index (χ3n) is 5.55. The van der Waals surface area contributed by atoms with Crippen LogP contribution < -0.4 is 10.4 Å². The van der Waals surface area contributed by atoms with Crippen molar-refractivity contribution in [2.24, 2.45) is 12.0 Å². The van der Waals surface area contributed by atoms with Crippen LogP contribution in [0.4, 0.5) is 5.69 Å². The van der Waals surface area contributed by atoms with E-state index >= 15 is 0 Å². The van der Waals surface area contributed by atoms with Crippen molar-refractivity contribution in [3.63, 3.8) is 0 Å². The molecule has 0 unspecified atom stereocenters. The first kappa shape index (κ1) is 20.6. The predicted octanol–water partition coefficient (Wildman–Crippen LogP) is 5.67. The van der Waals surface area contributed by atoms with Crippen molar-refractivity contribution in [3.05, 3.63) is 74.1 Å². The number of nitrogens with zero attached hydrogens (tertiary/aromatic N) is 4. The minimum atomic E-state index is -0.0941. The van der Waals surface area contributed by atoms with E-state index < -0.39 is 0 Å². The van der Waals surface area contributed by atoms with E-state index in [0.717, 1.165) is 29.0 Å². The SMILES string of the molecule is CCC(CC)n1c(-c2cccs2)csc1=Nc1c(C)n(C)n(-c2ccccc2)c1=O. The quantitative estimate of drug-likeness (QED) is 0.382. The summed E-state index contributed by atoms with van der Waals surface area (Å²) in [4.78, 5) is 20.3. The maximum absolute atomic E-state index is 13.3. The zero-order valence-corrected chi connectivity index (χ0v) is 19.3. The van der Waals surface area contributed by atoms with Crippen LogP contribution in [0.1, 0.15) is 38.4 Å². The molecular formula is C23H26N4OS2. The maximum Gasteiger partial charge on any atom is 0.297 e. The lowest BCUT2D eigenvalue weighted by atomic mass is 10.1. The number of benzene rings is 1. The zero-order chi connectivity index (χ0) is 21.3. The number of thiazole rings is 1. The third-order valence-corrected chi connectivity index (χ3v) is 7.29. The van der Waals surface area contributed by atoms with Gasteiger partial charge in [0.1, 0.15) is 0 Å². The van der Waals surface area contributed by atoms with Crippen molar-refractivity contribution < 1.29 is 0 Å². The monoisotopic (exact) mass is 438 g/mol. The van der Waals surface area contributed by atoms with Gasteiger partial charge in [-0.1, -0.05) is 38.1 Å². The van der Waals surface area contributed by atoms with Gasteiger partial charge < -0.3 is 4.57 Å². The van der Waals surface area contributed by atoms with Crippen molar-refractivity contribution in [3.8, 4) is 16.3 Å². The van der Waals surface area contributed by atoms with Crippen LogP contribution in [-0.4, -0.2) is 13.9 Å². The Morgan fingerprint density at radius 2 is 1.77 bits per heavy atom. The Labute approximate surface area is 184 Å². The van der Waals surface area contributed by atoms with Crippen LogP contribution in [-0.2, 0) is 7.05 Å². The van der Waals surface area contributed by atoms with E-state index in [9.17, 15) is 4.79 Å². The van der Waals surface area contributed by atoms with Crippen LogP contribution >= 0.6 is 22.7 Å². The molecule has 0 saturated carbocycles. The third kappa shape index (κ3) is 3.52. The fourth-order valence-electron chi connectivity index (χ4n) is 3.79. The summed E-state index contributed by atoms with van der Waals surface area (Å²) in [5, 5.41) is 4.26. The van der Waals surface area contributed by atoms with Gasteiger partial charge in [0, 0.05) is 18.5 Å². The van der Waals surface area contributed by atoms with Crippen molar-refractivity contribution in [1.29, 1.82) is 0 Å². The lowest BCUT2D eigenvalue weighted by Crippen LogP contribution is -2.22. The number of hydrogen-bond donors (Lipinski definition) is 0. The average Bonchev–Trinajstić information content (AvgIpc) is 3.47. The van der Waals surface area contributed by atoms with E-state index in [-0.39, 0.29) is 5.56 Å². The molecule has 0 amide bonds. The van der Waals surface area contributed by atoms with Crippen LogP contribution in [0.15, 0.2) is 63.0 Å². The fraction of sp³-hybridized carbons (Fsp3) is 0.304. The average molecular weight is 439 g/mol. The Kier molecular flexibility index (Phi) is 5.92. The molecule has 5 nitrogen and oxygen atoms in total. The normalized spacial score (nSPS) is 12.2. The number of thiophene rings is 1. The summed E-state index contributed by atoms with van der Waals surface area (Å²) in [6.45, 7) is 6.36. The lowest BCUT2D eigenvalue weighted by Gasteiger charge is -2.17. The Morgan fingerprint density at radius 1 is 1.03 bits per heavy atom. The Morgan fingerprint density at radius 3 is 2.40 bits per heavy atom. The van der Waals surface area contributed by atoms with Crippen molar-refractivity contribution in [1.82, 2.24) is 13.9 Å². The molecule has 0 N–H and O–H groups in total. The number of hydrogen-bond acceptors (Lipinski definition) is 4. The summed E-state index contributed by atoms with van der Waals surface area (Å²) in [5.41, 5.74) is 3.28. The molecule has 0 atom stereocenters. The van der Waals surface area contributed by atoms with Crippen molar-refractivity contribution in [2.75, 3.05) is 0 Å². The van der Waals surface area contributed by atoms with Crippen LogP contribution in [0.5, 0.6) is 0 Å². The molecule has 1 aromatic carbocycles. The molecule has 0 bridgehead atoms. The second kappa shape index (κ2) is 8.62. The summed E-state index contributed by atoms with van der Waals surface area (Å²) in [6.07, 6.45) is 2.03. The summed E-state index contributed by atoms with van der Waals surface area (Å²) in [6, 6.07) is 14.3. The summed E-state index contributed by atoms with van der Waals surface area (Å²) >= 11 is 3.33.